The molecule has 31 heavy (non-hydrogen) atoms. The average Bonchev–Trinajstić information content (AvgIpc) is 3.25. The molecule has 3 fully saturated rings. The van der Waals surface area contributed by atoms with Crippen LogP contribution in [0.15, 0.2) is 0 Å². The second kappa shape index (κ2) is 8.35. The van der Waals surface area contributed by atoms with Crippen LogP contribution >= 0.6 is 0 Å². The number of fused-ring (bicyclic) bond motifs is 1. The fourth-order valence-electron chi connectivity index (χ4n) is 6.24. The molecule has 3 aliphatic rings. The molecule has 3 aliphatic heterocycles. The van der Waals surface area contributed by atoms with Crippen molar-refractivity contribution in [1.82, 2.24) is 15.5 Å². The van der Waals surface area contributed by atoms with Gasteiger partial charge in [-0.25, -0.2) is 0 Å². The van der Waals surface area contributed by atoms with E-state index in [0.717, 1.165) is 12.8 Å². The predicted molar refractivity (Wildman–Crippen MR) is 116 cm³/mol. The molecule has 0 aliphatic carbocycles. The smallest absolute Gasteiger partial charge is 0.246 e. The molecule has 0 saturated carbocycles. The fraction of sp³-hybridized carbons (Fsp3) is 0.870. The molecule has 3 rings (SSSR count). The Morgan fingerprint density at radius 1 is 1.23 bits per heavy atom. The Balaban J connectivity index is 1.90. The van der Waals surface area contributed by atoms with E-state index in [0.29, 0.717) is 19.4 Å². The maximum atomic E-state index is 13.6. The number of carbonyl (C=O) groups is 3. The number of nitrogens with one attached hydrogen (secondary N) is 2. The zero-order valence-corrected chi connectivity index (χ0v) is 19.8. The van der Waals surface area contributed by atoms with E-state index in [2.05, 4.69) is 31.4 Å². The van der Waals surface area contributed by atoms with Gasteiger partial charge < -0.3 is 25.4 Å². The summed E-state index contributed by atoms with van der Waals surface area (Å²) in [5.41, 5.74) is -1.47. The number of β-amino-alcohol motifs (C(OH)–C–C–N with tert-alkyl or cyclic N) is 1. The van der Waals surface area contributed by atoms with Gasteiger partial charge in [0, 0.05) is 18.6 Å². The monoisotopic (exact) mass is 437 g/mol. The third-order valence-corrected chi connectivity index (χ3v) is 6.68. The molecule has 0 aromatic heterocycles. The fourth-order valence-corrected chi connectivity index (χ4v) is 6.24. The number of ether oxygens (including phenoxy) is 1. The number of hydrogen-bond acceptors (Lipinski definition) is 5. The maximum Gasteiger partial charge on any atom is 0.246 e. The topological polar surface area (TPSA) is 108 Å². The summed E-state index contributed by atoms with van der Waals surface area (Å²) in [4.78, 5) is 41.4. The number of amides is 3. The first kappa shape index (κ1) is 24.0. The molecule has 3 heterocycles. The van der Waals surface area contributed by atoms with Crippen molar-refractivity contribution in [3.8, 4) is 0 Å². The van der Waals surface area contributed by atoms with Gasteiger partial charge in [0.1, 0.15) is 11.6 Å². The van der Waals surface area contributed by atoms with Crippen molar-refractivity contribution in [2.24, 2.45) is 17.3 Å². The molecule has 8 heteroatoms. The molecule has 2 bridgehead atoms. The highest BCUT2D eigenvalue weighted by Crippen LogP contribution is 2.58. The Hall–Kier alpha value is -1.67. The van der Waals surface area contributed by atoms with Crippen LogP contribution < -0.4 is 10.6 Å². The van der Waals surface area contributed by atoms with Gasteiger partial charge in [-0.15, -0.1) is 0 Å². The Labute approximate surface area is 185 Å². The molecule has 3 N–H and O–H groups in total. The number of hydrogen-bond donors (Lipinski definition) is 3. The van der Waals surface area contributed by atoms with Gasteiger partial charge in [0.2, 0.25) is 17.7 Å². The van der Waals surface area contributed by atoms with Crippen molar-refractivity contribution in [3.05, 3.63) is 0 Å². The highest BCUT2D eigenvalue weighted by Gasteiger charge is 2.74. The number of rotatable bonds is 8. The Kier molecular flexibility index (Phi) is 6.46. The summed E-state index contributed by atoms with van der Waals surface area (Å²) in [5.74, 6) is -1.98. The van der Waals surface area contributed by atoms with Gasteiger partial charge in [0.15, 0.2) is 0 Å². The second-order valence-corrected chi connectivity index (χ2v) is 11.2. The molecule has 5 atom stereocenters. The highest BCUT2D eigenvalue weighted by atomic mass is 16.5. The van der Waals surface area contributed by atoms with Gasteiger partial charge in [-0.3, -0.25) is 14.4 Å². The highest BCUT2D eigenvalue weighted by molar-refractivity contribution is 5.99. The first-order valence-corrected chi connectivity index (χ1v) is 11.6. The van der Waals surface area contributed by atoms with Crippen LogP contribution in [0.25, 0.3) is 0 Å². The second-order valence-electron chi connectivity index (χ2n) is 11.2. The van der Waals surface area contributed by atoms with E-state index in [4.69, 9.17) is 4.74 Å². The van der Waals surface area contributed by atoms with E-state index in [1.54, 1.807) is 0 Å². The number of aliphatic hydroxyl groups is 1. The number of nitrogens with zero attached hydrogens (tertiary/aromatic N) is 1. The average molecular weight is 438 g/mol. The van der Waals surface area contributed by atoms with E-state index in [1.165, 1.54) is 4.90 Å². The normalized spacial score (nSPS) is 32.4. The van der Waals surface area contributed by atoms with Crippen LogP contribution in [0.5, 0.6) is 0 Å². The molecule has 0 aromatic carbocycles. The van der Waals surface area contributed by atoms with Crippen molar-refractivity contribution < 1.29 is 24.2 Å². The zero-order chi connectivity index (χ0) is 23.2. The lowest BCUT2D eigenvalue weighted by molar-refractivity contribution is -0.143. The number of aliphatic hydroxyl groups excluding tert-OH is 1. The van der Waals surface area contributed by atoms with Crippen LogP contribution in [0.2, 0.25) is 0 Å². The first-order valence-electron chi connectivity index (χ1n) is 11.6. The molecule has 3 amide bonds. The summed E-state index contributed by atoms with van der Waals surface area (Å²) in [6.07, 6.45) is 2.42. The van der Waals surface area contributed by atoms with Crippen LogP contribution in [0.4, 0.5) is 0 Å². The van der Waals surface area contributed by atoms with Gasteiger partial charge in [0.25, 0.3) is 0 Å². The third kappa shape index (κ3) is 4.33. The quantitative estimate of drug-likeness (QED) is 0.529. The SMILES string of the molecule is CCCNC(=O)[C@@H]1[C@@H]2CCC3(O2)C(C(=O)NC(C)(C)CC(C)(C)C)N(CCO)C(=O)[C@H]13. The molecule has 0 radical (unpaired) electrons. The predicted octanol–water partition coefficient (Wildman–Crippen LogP) is 1.21. The minimum Gasteiger partial charge on any atom is -0.395 e. The van der Waals surface area contributed by atoms with E-state index in [9.17, 15) is 19.5 Å². The first-order chi connectivity index (χ1) is 14.4. The summed E-state index contributed by atoms with van der Waals surface area (Å²) < 4.78 is 6.33. The summed E-state index contributed by atoms with van der Waals surface area (Å²) in [6, 6.07) is -0.842. The molecule has 176 valence electrons. The van der Waals surface area contributed by atoms with E-state index in [1.807, 2.05) is 20.8 Å². The molecular weight excluding hydrogens is 398 g/mol. The summed E-state index contributed by atoms with van der Waals surface area (Å²) >= 11 is 0. The van der Waals surface area contributed by atoms with E-state index < -0.39 is 29.0 Å². The Morgan fingerprint density at radius 3 is 2.48 bits per heavy atom. The molecule has 8 nitrogen and oxygen atoms in total. The lowest BCUT2D eigenvalue weighted by atomic mass is 9.70. The van der Waals surface area contributed by atoms with Crippen LogP contribution in [0.3, 0.4) is 0 Å². The Morgan fingerprint density at radius 2 is 1.90 bits per heavy atom. The van der Waals surface area contributed by atoms with Crippen LogP contribution in [0.1, 0.15) is 67.2 Å². The van der Waals surface area contributed by atoms with E-state index in [-0.39, 0.29) is 42.4 Å². The van der Waals surface area contributed by atoms with Crippen molar-refractivity contribution in [2.75, 3.05) is 19.7 Å². The van der Waals surface area contributed by atoms with Crippen molar-refractivity contribution in [3.63, 3.8) is 0 Å². The summed E-state index contributed by atoms with van der Waals surface area (Å²) in [6.45, 7) is 12.6. The minimum absolute atomic E-state index is 0.0126. The largest absolute Gasteiger partial charge is 0.395 e. The van der Waals surface area contributed by atoms with Gasteiger partial charge >= 0.3 is 0 Å². The molecule has 0 aromatic rings. The molecule has 2 unspecified atom stereocenters. The zero-order valence-electron chi connectivity index (χ0n) is 19.8. The minimum atomic E-state index is -1.01. The van der Waals surface area contributed by atoms with Crippen molar-refractivity contribution >= 4 is 17.7 Å². The van der Waals surface area contributed by atoms with Gasteiger partial charge in [-0.1, -0.05) is 27.7 Å². The van der Waals surface area contributed by atoms with Gasteiger partial charge in [-0.2, -0.15) is 0 Å². The van der Waals surface area contributed by atoms with Gasteiger partial charge in [-0.05, 0) is 44.9 Å². The van der Waals surface area contributed by atoms with Gasteiger partial charge in [0.05, 0.1) is 24.5 Å². The third-order valence-electron chi connectivity index (χ3n) is 6.68. The molecular formula is C23H39N3O5. The summed E-state index contributed by atoms with van der Waals surface area (Å²) in [5, 5.41) is 15.6. The molecule has 3 saturated heterocycles. The lowest BCUT2D eigenvalue weighted by Crippen LogP contribution is -2.59. The standard InChI is InChI=1S/C23H39N3O5/c1-7-10-24-18(28)15-14-8-9-23(31-14)16(15)20(30)26(11-12-27)17(23)19(29)25-22(5,6)13-21(2,3)4/h14-17,27H,7-13H2,1-6H3,(H,24,28)(H,25,29)/t14-,15+,16-,17?,23?/m0/s1. The Bertz CT molecular complexity index is 731. The summed E-state index contributed by atoms with van der Waals surface area (Å²) in [7, 11) is 0. The van der Waals surface area contributed by atoms with Crippen molar-refractivity contribution in [2.45, 2.75) is 90.5 Å². The van der Waals surface area contributed by atoms with Crippen LogP contribution in [-0.2, 0) is 19.1 Å². The van der Waals surface area contributed by atoms with E-state index >= 15 is 0 Å². The van der Waals surface area contributed by atoms with Crippen LogP contribution in [-0.4, -0.2) is 70.7 Å². The maximum absolute atomic E-state index is 13.6. The number of likely N-dealkylation sites (tertiary alicyclic amines) is 1. The van der Waals surface area contributed by atoms with Crippen LogP contribution in [0, 0.1) is 17.3 Å². The van der Waals surface area contributed by atoms with Crippen molar-refractivity contribution in [1.29, 1.82) is 0 Å². The number of carbonyl (C=O) groups excluding carboxylic acids is 3. The lowest BCUT2D eigenvalue weighted by Gasteiger charge is -2.38. The molecule has 1 spiro atoms.